The van der Waals surface area contributed by atoms with Crippen molar-refractivity contribution in [1.82, 2.24) is 0 Å². The molecule has 0 saturated carbocycles. The molecule has 4 N–H and O–H groups in total. The van der Waals surface area contributed by atoms with Gasteiger partial charge in [0.15, 0.2) is 5.84 Å². The minimum absolute atomic E-state index is 0.0111. The summed E-state index contributed by atoms with van der Waals surface area (Å²) in [5.41, 5.74) is 6.98. The zero-order chi connectivity index (χ0) is 14.4. The second kappa shape index (κ2) is 7.21. The van der Waals surface area contributed by atoms with Crippen LogP contribution in [0.4, 0.5) is 5.69 Å². The quantitative estimate of drug-likeness (QED) is 0.323. The van der Waals surface area contributed by atoms with Gasteiger partial charge in [-0.05, 0) is 38.5 Å². The second-order valence-electron chi connectivity index (χ2n) is 4.51. The lowest BCUT2D eigenvalue weighted by Crippen LogP contribution is -2.32. The first-order chi connectivity index (χ1) is 9.01. The van der Waals surface area contributed by atoms with Crippen LogP contribution in [0.5, 0.6) is 0 Å². The molecule has 0 radical (unpaired) electrons. The molecule has 0 aliphatic rings. The highest BCUT2D eigenvalue weighted by molar-refractivity contribution is 6.34. The Morgan fingerprint density at radius 3 is 2.63 bits per heavy atom. The predicted octanol–water partition coefficient (Wildman–Crippen LogP) is 2.03. The molecule has 106 valence electrons. The largest absolute Gasteiger partial charge is 0.409 e. The zero-order valence-electron chi connectivity index (χ0n) is 11.2. The summed E-state index contributed by atoms with van der Waals surface area (Å²) in [4.78, 5) is 2.14. The fraction of sp³-hybridized carbons (Fsp3) is 0.462. The van der Waals surface area contributed by atoms with Crippen molar-refractivity contribution in [3.05, 3.63) is 28.8 Å². The van der Waals surface area contributed by atoms with Gasteiger partial charge in [0, 0.05) is 30.4 Å². The van der Waals surface area contributed by atoms with Crippen LogP contribution >= 0.6 is 11.6 Å². The summed E-state index contributed by atoms with van der Waals surface area (Å²) in [6, 6.07) is 5.67. The topological polar surface area (TPSA) is 82.1 Å². The SMILES string of the molecule is CC(C)N(CCCO)c1ccc(C(N)=NO)c(Cl)c1. The molecule has 0 unspecified atom stereocenters. The van der Waals surface area contributed by atoms with E-state index < -0.39 is 0 Å². The first-order valence-corrected chi connectivity index (χ1v) is 6.54. The molecule has 0 aromatic heterocycles. The molecule has 19 heavy (non-hydrogen) atoms. The number of nitrogens with two attached hydrogens (primary N) is 1. The maximum absolute atomic E-state index is 8.93. The van der Waals surface area contributed by atoms with E-state index in [9.17, 15) is 0 Å². The Labute approximate surface area is 118 Å². The van der Waals surface area contributed by atoms with Gasteiger partial charge in [0.05, 0.1) is 5.02 Å². The van der Waals surface area contributed by atoms with Gasteiger partial charge >= 0.3 is 0 Å². The predicted molar refractivity (Wildman–Crippen MR) is 78.1 cm³/mol. The molecule has 0 bridgehead atoms. The Morgan fingerprint density at radius 2 is 2.16 bits per heavy atom. The third-order valence-corrected chi connectivity index (χ3v) is 3.16. The fourth-order valence-corrected chi connectivity index (χ4v) is 2.14. The Kier molecular flexibility index (Phi) is 5.92. The molecule has 0 atom stereocenters. The molecule has 1 aromatic rings. The summed E-state index contributed by atoms with van der Waals surface area (Å²) >= 11 is 6.14. The van der Waals surface area contributed by atoms with Crippen LogP contribution in [0.25, 0.3) is 0 Å². The van der Waals surface area contributed by atoms with Crippen LogP contribution in [0.3, 0.4) is 0 Å². The van der Waals surface area contributed by atoms with Gasteiger partial charge in [0.2, 0.25) is 0 Å². The second-order valence-corrected chi connectivity index (χ2v) is 4.92. The number of oxime groups is 1. The number of aliphatic hydroxyl groups excluding tert-OH is 1. The average Bonchev–Trinajstić information content (AvgIpc) is 2.38. The maximum atomic E-state index is 8.93. The van der Waals surface area contributed by atoms with Crippen LogP contribution in [0, 0.1) is 0 Å². The van der Waals surface area contributed by atoms with Crippen molar-refractivity contribution in [3.8, 4) is 0 Å². The summed E-state index contributed by atoms with van der Waals surface area (Å²) in [5.74, 6) is -0.0111. The lowest BCUT2D eigenvalue weighted by atomic mass is 10.1. The number of halogens is 1. The highest BCUT2D eigenvalue weighted by Gasteiger charge is 2.13. The summed E-state index contributed by atoms with van der Waals surface area (Å²) in [5, 5.41) is 21.0. The van der Waals surface area contributed by atoms with Crippen LogP contribution in [-0.4, -0.2) is 35.3 Å². The van der Waals surface area contributed by atoms with E-state index in [-0.39, 0.29) is 18.5 Å². The summed E-state index contributed by atoms with van der Waals surface area (Å²) in [6.45, 7) is 5.04. The van der Waals surface area contributed by atoms with Crippen LogP contribution in [0.2, 0.25) is 5.02 Å². The summed E-state index contributed by atoms with van der Waals surface area (Å²) in [6.07, 6.45) is 0.692. The number of aliphatic hydroxyl groups is 1. The van der Waals surface area contributed by atoms with Crippen LogP contribution < -0.4 is 10.6 Å². The van der Waals surface area contributed by atoms with Crippen molar-refractivity contribution >= 4 is 23.1 Å². The lowest BCUT2D eigenvalue weighted by Gasteiger charge is -2.29. The molecule has 0 aliphatic heterocycles. The van der Waals surface area contributed by atoms with Gasteiger partial charge < -0.3 is 20.9 Å². The van der Waals surface area contributed by atoms with Crippen molar-refractivity contribution < 1.29 is 10.3 Å². The molecule has 1 rings (SSSR count). The van der Waals surface area contributed by atoms with Gasteiger partial charge in [0.25, 0.3) is 0 Å². The standard InChI is InChI=1S/C13H20ClN3O2/c1-9(2)17(6-3-7-18)10-4-5-11(12(14)8-10)13(15)16-19/h4-5,8-9,18-19H,3,6-7H2,1-2H3,(H2,15,16). The first kappa shape index (κ1) is 15.6. The third kappa shape index (κ3) is 4.01. The number of amidine groups is 1. The summed E-state index contributed by atoms with van der Waals surface area (Å²) in [7, 11) is 0. The average molecular weight is 286 g/mol. The van der Waals surface area contributed by atoms with E-state index >= 15 is 0 Å². The number of benzene rings is 1. The number of nitrogens with zero attached hydrogens (tertiary/aromatic N) is 2. The molecule has 0 spiro atoms. The van der Waals surface area contributed by atoms with Crippen molar-refractivity contribution in [3.63, 3.8) is 0 Å². The Hall–Kier alpha value is -1.46. The van der Waals surface area contributed by atoms with Gasteiger partial charge in [-0.25, -0.2) is 0 Å². The van der Waals surface area contributed by atoms with Crippen molar-refractivity contribution in [1.29, 1.82) is 0 Å². The Balaban J connectivity index is 3.03. The van der Waals surface area contributed by atoms with Gasteiger partial charge in [-0.2, -0.15) is 0 Å². The Bertz CT molecular complexity index is 450. The van der Waals surface area contributed by atoms with Crippen LogP contribution in [0.1, 0.15) is 25.8 Å². The summed E-state index contributed by atoms with van der Waals surface area (Å²) < 4.78 is 0. The van der Waals surface area contributed by atoms with Crippen molar-refractivity contribution in [2.75, 3.05) is 18.1 Å². The molecule has 0 fully saturated rings. The highest BCUT2D eigenvalue weighted by atomic mass is 35.5. The van der Waals surface area contributed by atoms with E-state index in [0.29, 0.717) is 17.0 Å². The van der Waals surface area contributed by atoms with E-state index in [4.69, 9.17) is 27.6 Å². The third-order valence-electron chi connectivity index (χ3n) is 2.85. The molecule has 5 nitrogen and oxygen atoms in total. The molecule has 0 heterocycles. The molecule has 1 aromatic carbocycles. The lowest BCUT2D eigenvalue weighted by molar-refractivity contribution is 0.288. The minimum Gasteiger partial charge on any atom is -0.409 e. The first-order valence-electron chi connectivity index (χ1n) is 6.16. The minimum atomic E-state index is -0.0111. The van der Waals surface area contributed by atoms with Gasteiger partial charge in [-0.15, -0.1) is 0 Å². The van der Waals surface area contributed by atoms with E-state index in [0.717, 1.165) is 12.2 Å². The number of hydrogen-bond acceptors (Lipinski definition) is 4. The Morgan fingerprint density at radius 1 is 1.47 bits per heavy atom. The van der Waals surface area contributed by atoms with Crippen LogP contribution in [-0.2, 0) is 0 Å². The highest BCUT2D eigenvalue weighted by Crippen LogP contribution is 2.25. The molecular formula is C13H20ClN3O2. The maximum Gasteiger partial charge on any atom is 0.171 e. The fourth-order valence-electron chi connectivity index (χ4n) is 1.87. The monoisotopic (exact) mass is 285 g/mol. The molecular weight excluding hydrogens is 266 g/mol. The smallest absolute Gasteiger partial charge is 0.171 e. The zero-order valence-corrected chi connectivity index (χ0v) is 11.9. The van der Waals surface area contributed by atoms with E-state index in [2.05, 4.69) is 23.9 Å². The molecule has 0 aliphatic carbocycles. The number of anilines is 1. The molecule has 0 saturated heterocycles. The van der Waals surface area contributed by atoms with Crippen molar-refractivity contribution in [2.24, 2.45) is 10.9 Å². The van der Waals surface area contributed by atoms with E-state index in [1.807, 2.05) is 6.07 Å². The van der Waals surface area contributed by atoms with E-state index in [1.54, 1.807) is 12.1 Å². The molecule has 0 amide bonds. The normalized spacial score (nSPS) is 11.9. The number of rotatable bonds is 6. The number of hydrogen-bond donors (Lipinski definition) is 3. The van der Waals surface area contributed by atoms with Crippen molar-refractivity contribution in [2.45, 2.75) is 26.3 Å². The molecule has 6 heteroatoms. The van der Waals surface area contributed by atoms with E-state index in [1.165, 1.54) is 0 Å². The van der Waals surface area contributed by atoms with Crippen LogP contribution in [0.15, 0.2) is 23.4 Å². The van der Waals surface area contributed by atoms with Gasteiger partial charge in [-0.1, -0.05) is 16.8 Å². The van der Waals surface area contributed by atoms with Gasteiger partial charge in [-0.3, -0.25) is 0 Å². The van der Waals surface area contributed by atoms with Gasteiger partial charge in [0.1, 0.15) is 0 Å².